The number of benzene rings is 1. The molecule has 2 fully saturated rings. The van der Waals surface area contributed by atoms with Gasteiger partial charge in [0.25, 0.3) is 0 Å². The topological polar surface area (TPSA) is 61.9 Å². The number of carbonyl (C=O) groups is 2. The van der Waals surface area contributed by atoms with Crippen LogP contribution < -0.4 is 10.1 Å². The highest BCUT2D eigenvalue weighted by molar-refractivity contribution is 5.79. The fourth-order valence-electron chi connectivity index (χ4n) is 3.07. The van der Waals surface area contributed by atoms with Crippen LogP contribution >= 0.6 is 0 Å². The van der Waals surface area contributed by atoms with E-state index in [9.17, 15) is 9.59 Å². The fourth-order valence-corrected chi connectivity index (χ4v) is 3.07. The lowest BCUT2D eigenvalue weighted by Gasteiger charge is -2.34. The first kappa shape index (κ1) is 18.7. The van der Waals surface area contributed by atoms with E-state index in [4.69, 9.17) is 4.74 Å². The van der Waals surface area contributed by atoms with E-state index in [0.29, 0.717) is 38.7 Å². The molecule has 0 radical (unpaired) electrons. The molecular weight excluding hydrogens is 330 g/mol. The van der Waals surface area contributed by atoms with Crippen LogP contribution in [0.5, 0.6) is 5.75 Å². The standard InChI is InChI=1S/C20H29N3O3/c1-16-4-8-18(9-5-16)26-14-2-3-20(25)23-12-10-22(11-13-23)15-19(24)21-17-6-7-17/h4-5,8-9,17H,2-3,6-7,10-15H2,1H3,(H,21,24). The van der Waals surface area contributed by atoms with Crippen molar-refractivity contribution in [2.75, 3.05) is 39.3 Å². The summed E-state index contributed by atoms with van der Waals surface area (Å²) >= 11 is 0. The lowest BCUT2D eigenvalue weighted by Crippen LogP contribution is -2.51. The van der Waals surface area contributed by atoms with Crippen molar-refractivity contribution in [1.82, 2.24) is 15.1 Å². The lowest BCUT2D eigenvalue weighted by molar-refractivity contribution is -0.133. The highest BCUT2D eigenvalue weighted by Crippen LogP contribution is 2.18. The molecule has 26 heavy (non-hydrogen) atoms. The molecule has 1 aromatic rings. The Morgan fingerprint density at radius 3 is 2.46 bits per heavy atom. The Labute approximate surface area is 155 Å². The summed E-state index contributed by atoms with van der Waals surface area (Å²) in [6.07, 6.45) is 3.45. The highest BCUT2D eigenvalue weighted by Gasteiger charge is 2.26. The zero-order chi connectivity index (χ0) is 18.4. The number of aryl methyl sites for hydroxylation is 1. The predicted molar refractivity (Wildman–Crippen MR) is 100 cm³/mol. The number of carbonyl (C=O) groups excluding carboxylic acids is 2. The lowest BCUT2D eigenvalue weighted by atomic mass is 10.2. The van der Waals surface area contributed by atoms with Crippen molar-refractivity contribution >= 4 is 11.8 Å². The summed E-state index contributed by atoms with van der Waals surface area (Å²) in [7, 11) is 0. The van der Waals surface area contributed by atoms with E-state index in [1.807, 2.05) is 36.1 Å². The van der Waals surface area contributed by atoms with Crippen molar-refractivity contribution in [3.8, 4) is 5.75 Å². The van der Waals surface area contributed by atoms with Crippen LogP contribution in [0.2, 0.25) is 0 Å². The van der Waals surface area contributed by atoms with Gasteiger partial charge in [0, 0.05) is 38.6 Å². The van der Waals surface area contributed by atoms with E-state index >= 15 is 0 Å². The van der Waals surface area contributed by atoms with E-state index in [2.05, 4.69) is 10.2 Å². The summed E-state index contributed by atoms with van der Waals surface area (Å²) < 4.78 is 5.67. The summed E-state index contributed by atoms with van der Waals surface area (Å²) in [4.78, 5) is 28.2. The maximum atomic E-state index is 12.3. The molecule has 1 aliphatic heterocycles. The quantitative estimate of drug-likeness (QED) is 0.716. The number of amides is 2. The first-order valence-electron chi connectivity index (χ1n) is 9.59. The van der Waals surface area contributed by atoms with Crippen LogP contribution in [-0.2, 0) is 9.59 Å². The zero-order valence-electron chi connectivity index (χ0n) is 15.6. The van der Waals surface area contributed by atoms with Crippen molar-refractivity contribution < 1.29 is 14.3 Å². The molecule has 2 aliphatic rings. The normalized spacial score (nSPS) is 17.8. The summed E-state index contributed by atoms with van der Waals surface area (Å²) in [5, 5.41) is 3.01. The number of nitrogens with one attached hydrogen (secondary N) is 1. The van der Waals surface area contributed by atoms with Gasteiger partial charge < -0.3 is 15.0 Å². The van der Waals surface area contributed by atoms with Gasteiger partial charge in [-0.1, -0.05) is 17.7 Å². The van der Waals surface area contributed by atoms with Crippen LogP contribution in [-0.4, -0.2) is 67.0 Å². The van der Waals surface area contributed by atoms with Crippen LogP contribution in [0.15, 0.2) is 24.3 Å². The Hall–Kier alpha value is -2.08. The average Bonchev–Trinajstić information content (AvgIpc) is 3.44. The van der Waals surface area contributed by atoms with Gasteiger partial charge >= 0.3 is 0 Å². The van der Waals surface area contributed by atoms with Gasteiger partial charge in [0.05, 0.1) is 13.2 Å². The van der Waals surface area contributed by atoms with E-state index in [-0.39, 0.29) is 11.8 Å². The van der Waals surface area contributed by atoms with E-state index < -0.39 is 0 Å². The minimum absolute atomic E-state index is 0.112. The maximum absolute atomic E-state index is 12.3. The fraction of sp³-hybridized carbons (Fsp3) is 0.600. The largest absolute Gasteiger partial charge is 0.494 e. The molecule has 142 valence electrons. The van der Waals surface area contributed by atoms with E-state index in [1.165, 1.54) is 5.56 Å². The molecule has 1 saturated carbocycles. The molecule has 0 unspecified atom stereocenters. The molecule has 6 heteroatoms. The molecule has 1 N–H and O–H groups in total. The smallest absolute Gasteiger partial charge is 0.234 e. The van der Waals surface area contributed by atoms with Crippen LogP contribution in [0.25, 0.3) is 0 Å². The van der Waals surface area contributed by atoms with Crippen LogP contribution in [0.4, 0.5) is 0 Å². The first-order chi connectivity index (χ1) is 12.6. The Morgan fingerprint density at radius 2 is 1.81 bits per heavy atom. The molecule has 0 bridgehead atoms. The highest BCUT2D eigenvalue weighted by atomic mass is 16.5. The number of rotatable bonds is 8. The van der Waals surface area contributed by atoms with Gasteiger partial charge in [0.15, 0.2) is 0 Å². The summed E-state index contributed by atoms with van der Waals surface area (Å²) in [5.74, 6) is 1.14. The van der Waals surface area contributed by atoms with Gasteiger partial charge in [-0.25, -0.2) is 0 Å². The Bertz CT molecular complexity index is 605. The monoisotopic (exact) mass is 359 g/mol. The second-order valence-corrected chi connectivity index (χ2v) is 7.26. The van der Waals surface area contributed by atoms with Crippen molar-refractivity contribution in [3.05, 3.63) is 29.8 Å². The Kier molecular flexibility index (Phi) is 6.50. The third kappa shape index (κ3) is 6.02. The minimum atomic E-state index is 0.112. The van der Waals surface area contributed by atoms with Gasteiger partial charge in [-0.3, -0.25) is 14.5 Å². The predicted octanol–water partition coefficient (Wildman–Crippen LogP) is 1.58. The number of nitrogens with zero attached hydrogens (tertiary/aromatic N) is 2. The second kappa shape index (κ2) is 9.03. The van der Waals surface area contributed by atoms with E-state index in [0.717, 1.165) is 38.1 Å². The molecule has 6 nitrogen and oxygen atoms in total. The minimum Gasteiger partial charge on any atom is -0.494 e. The molecule has 1 aliphatic carbocycles. The zero-order valence-corrected chi connectivity index (χ0v) is 15.6. The van der Waals surface area contributed by atoms with Gasteiger partial charge in [0.2, 0.25) is 11.8 Å². The molecule has 1 heterocycles. The summed E-state index contributed by atoms with van der Waals surface area (Å²) in [6.45, 7) is 5.98. The molecule has 2 amide bonds. The average molecular weight is 359 g/mol. The molecule has 1 saturated heterocycles. The second-order valence-electron chi connectivity index (χ2n) is 7.26. The molecule has 0 aromatic heterocycles. The summed E-state index contributed by atoms with van der Waals surface area (Å²) in [6, 6.07) is 8.36. The maximum Gasteiger partial charge on any atom is 0.234 e. The van der Waals surface area contributed by atoms with Crippen molar-refractivity contribution in [3.63, 3.8) is 0 Å². The Morgan fingerprint density at radius 1 is 1.12 bits per heavy atom. The number of ether oxygens (including phenoxy) is 1. The Balaban J connectivity index is 1.28. The number of piperazine rings is 1. The number of hydrogen-bond acceptors (Lipinski definition) is 4. The van der Waals surface area contributed by atoms with E-state index in [1.54, 1.807) is 0 Å². The third-order valence-electron chi connectivity index (χ3n) is 4.86. The molecular formula is C20H29N3O3. The SMILES string of the molecule is Cc1ccc(OCCCC(=O)N2CCN(CC(=O)NC3CC3)CC2)cc1. The molecule has 0 atom stereocenters. The van der Waals surface area contributed by atoms with Crippen LogP contribution in [0.3, 0.4) is 0 Å². The summed E-state index contributed by atoms with van der Waals surface area (Å²) in [5.41, 5.74) is 1.21. The molecule has 0 spiro atoms. The van der Waals surface area contributed by atoms with Crippen LogP contribution in [0.1, 0.15) is 31.2 Å². The van der Waals surface area contributed by atoms with Crippen molar-refractivity contribution in [2.24, 2.45) is 0 Å². The van der Waals surface area contributed by atoms with Crippen molar-refractivity contribution in [1.29, 1.82) is 0 Å². The van der Waals surface area contributed by atoms with Gasteiger partial charge in [0.1, 0.15) is 5.75 Å². The van der Waals surface area contributed by atoms with Crippen LogP contribution in [0, 0.1) is 6.92 Å². The third-order valence-corrected chi connectivity index (χ3v) is 4.86. The van der Waals surface area contributed by atoms with Gasteiger partial charge in [-0.2, -0.15) is 0 Å². The van der Waals surface area contributed by atoms with Gasteiger partial charge in [-0.15, -0.1) is 0 Å². The first-order valence-corrected chi connectivity index (χ1v) is 9.59. The van der Waals surface area contributed by atoms with Crippen molar-refractivity contribution in [2.45, 2.75) is 38.6 Å². The molecule has 3 rings (SSSR count). The van der Waals surface area contributed by atoms with Gasteiger partial charge in [-0.05, 0) is 38.3 Å². The number of hydrogen-bond donors (Lipinski definition) is 1. The molecule has 1 aromatic carbocycles.